The standard InChI is InChI=1S/C14H20N2O4S/c1-14(2)7-12(14)16-13(17)9-4-5-10(8-20-3)11(6-9)21(15,18)19/h4-6,12H,7-8H2,1-3H3,(H,16,17)(H2,15,18,19). The number of benzene rings is 1. The molecule has 0 aromatic heterocycles. The Hall–Kier alpha value is -1.44. The third-order valence-corrected chi connectivity index (χ3v) is 4.75. The van der Waals surface area contributed by atoms with Crippen molar-refractivity contribution in [1.29, 1.82) is 0 Å². The van der Waals surface area contributed by atoms with Gasteiger partial charge in [0.25, 0.3) is 5.91 Å². The van der Waals surface area contributed by atoms with E-state index in [9.17, 15) is 13.2 Å². The van der Waals surface area contributed by atoms with Crippen molar-refractivity contribution in [3.63, 3.8) is 0 Å². The fourth-order valence-electron chi connectivity index (χ4n) is 2.19. The SMILES string of the molecule is COCc1ccc(C(=O)NC2CC2(C)C)cc1S(N)(=O)=O. The highest BCUT2D eigenvalue weighted by Crippen LogP contribution is 2.44. The van der Waals surface area contributed by atoms with Crippen LogP contribution in [0.25, 0.3) is 0 Å². The van der Waals surface area contributed by atoms with Crippen molar-refractivity contribution in [3.8, 4) is 0 Å². The first kappa shape index (κ1) is 15.9. The van der Waals surface area contributed by atoms with Crippen molar-refractivity contribution in [2.45, 2.75) is 37.8 Å². The van der Waals surface area contributed by atoms with Crippen molar-refractivity contribution < 1.29 is 17.9 Å². The minimum Gasteiger partial charge on any atom is -0.380 e. The Morgan fingerprint density at radius 3 is 2.57 bits per heavy atom. The Balaban J connectivity index is 2.27. The number of carbonyl (C=O) groups is 1. The summed E-state index contributed by atoms with van der Waals surface area (Å²) in [5.41, 5.74) is 0.818. The molecule has 1 fully saturated rings. The van der Waals surface area contributed by atoms with Gasteiger partial charge < -0.3 is 10.1 Å². The fourth-order valence-corrected chi connectivity index (χ4v) is 2.97. The van der Waals surface area contributed by atoms with Gasteiger partial charge in [-0.1, -0.05) is 19.9 Å². The molecule has 0 bridgehead atoms. The lowest BCUT2D eigenvalue weighted by molar-refractivity contribution is 0.0946. The Morgan fingerprint density at radius 2 is 2.10 bits per heavy atom. The molecule has 1 atom stereocenters. The Kier molecular flexibility index (Phi) is 4.10. The van der Waals surface area contributed by atoms with Crippen LogP contribution < -0.4 is 10.5 Å². The van der Waals surface area contributed by atoms with Crippen LogP contribution in [0.3, 0.4) is 0 Å². The Bertz CT molecular complexity index is 668. The zero-order valence-corrected chi connectivity index (χ0v) is 13.2. The van der Waals surface area contributed by atoms with E-state index in [0.29, 0.717) is 5.56 Å². The fraction of sp³-hybridized carbons (Fsp3) is 0.500. The van der Waals surface area contributed by atoms with Crippen LogP contribution in [0, 0.1) is 5.41 Å². The molecule has 1 saturated carbocycles. The molecule has 0 spiro atoms. The van der Waals surface area contributed by atoms with E-state index in [4.69, 9.17) is 9.88 Å². The van der Waals surface area contributed by atoms with Crippen LogP contribution in [0.2, 0.25) is 0 Å². The monoisotopic (exact) mass is 312 g/mol. The van der Waals surface area contributed by atoms with Crippen LogP contribution in [-0.4, -0.2) is 27.5 Å². The van der Waals surface area contributed by atoms with E-state index in [2.05, 4.69) is 19.2 Å². The number of nitrogens with one attached hydrogen (secondary N) is 1. The summed E-state index contributed by atoms with van der Waals surface area (Å²) in [5.74, 6) is -0.292. The zero-order valence-electron chi connectivity index (χ0n) is 12.3. The quantitative estimate of drug-likeness (QED) is 0.847. The van der Waals surface area contributed by atoms with Crippen molar-refractivity contribution >= 4 is 15.9 Å². The molecule has 21 heavy (non-hydrogen) atoms. The second kappa shape index (κ2) is 5.40. The molecule has 1 aliphatic carbocycles. The third kappa shape index (κ3) is 3.61. The first-order valence-corrected chi connectivity index (χ1v) is 8.15. The molecular weight excluding hydrogens is 292 g/mol. The minimum absolute atomic E-state index is 0.0768. The molecule has 1 aliphatic rings. The molecule has 0 aliphatic heterocycles. The lowest BCUT2D eigenvalue weighted by Gasteiger charge is -2.11. The van der Waals surface area contributed by atoms with Crippen molar-refractivity contribution in [1.82, 2.24) is 5.32 Å². The predicted octanol–water partition coefficient (Wildman–Crippen LogP) is 1.01. The number of sulfonamides is 1. The summed E-state index contributed by atoms with van der Waals surface area (Å²) in [4.78, 5) is 12.1. The number of nitrogens with two attached hydrogens (primary N) is 1. The smallest absolute Gasteiger partial charge is 0.251 e. The van der Waals surface area contributed by atoms with E-state index in [1.165, 1.54) is 13.2 Å². The summed E-state index contributed by atoms with van der Waals surface area (Å²) >= 11 is 0. The largest absolute Gasteiger partial charge is 0.380 e. The normalized spacial score (nSPS) is 20.1. The number of hydrogen-bond donors (Lipinski definition) is 2. The summed E-state index contributed by atoms with van der Waals surface area (Å²) in [6.07, 6.45) is 0.919. The van der Waals surface area contributed by atoms with E-state index in [1.807, 2.05) is 0 Å². The van der Waals surface area contributed by atoms with E-state index in [1.54, 1.807) is 12.1 Å². The summed E-state index contributed by atoms with van der Waals surface area (Å²) in [5, 5.41) is 8.08. The van der Waals surface area contributed by atoms with Crippen molar-refractivity contribution in [3.05, 3.63) is 29.3 Å². The number of primary sulfonamides is 1. The van der Waals surface area contributed by atoms with Gasteiger partial charge in [0.2, 0.25) is 10.0 Å². The molecule has 1 amide bonds. The van der Waals surface area contributed by atoms with Gasteiger partial charge in [-0.15, -0.1) is 0 Å². The lowest BCUT2D eigenvalue weighted by Crippen LogP contribution is -2.28. The average molecular weight is 312 g/mol. The predicted molar refractivity (Wildman–Crippen MR) is 78.2 cm³/mol. The minimum atomic E-state index is -3.91. The Morgan fingerprint density at radius 1 is 1.48 bits per heavy atom. The highest BCUT2D eigenvalue weighted by atomic mass is 32.2. The summed E-state index contributed by atoms with van der Waals surface area (Å²) < 4.78 is 28.2. The number of carbonyl (C=O) groups excluding carboxylic acids is 1. The van der Waals surface area contributed by atoms with Gasteiger partial charge >= 0.3 is 0 Å². The summed E-state index contributed by atoms with van der Waals surface area (Å²) in [7, 11) is -2.45. The first-order valence-electron chi connectivity index (χ1n) is 6.60. The maximum Gasteiger partial charge on any atom is 0.251 e. The molecule has 7 heteroatoms. The van der Waals surface area contributed by atoms with Gasteiger partial charge in [0.1, 0.15) is 0 Å². The molecule has 0 radical (unpaired) electrons. The van der Waals surface area contributed by atoms with Gasteiger partial charge in [0.05, 0.1) is 11.5 Å². The maximum absolute atomic E-state index is 12.2. The van der Waals surface area contributed by atoms with Gasteiger partial charge in [-0.3, -0.25) is 4.79 Å². The van der Waals surface area contributed by atoms with Crippen molar-refractivity contribution in [2.24, 2.45) is 10.6 Å². The number of hydrogen-bond acceptors (Lipinski definition) is 4. The van der Waals surface area contributed by atoms with E-state index >= 15 is 0 Å². The summed E-state index contributed by atoms with van der Waals surface area (Å²) in [6, 6.07) is 4.56. The zero-order chi connectivity index (χ0) is 15.8. The van der Waals surface area contributed by atoms with E-state index in [0.717, 1.165) is 6.42 Å². The van der Waals surface area contributed by atoms with Crippen LogP contribution in [-0.2, 0) is 21.4 Å². The number of rotatable bonds is 5. The molecule has 3 N–H and O–H groups in total. The van der Waals surface area contributed by atoms with Crippen LogP contribution in [0.4, 0.5) is 0 Å². The van der Waals surface area contributed by atoms with Gasteiger partial charge in [-0.2, -0.15) is 0 Å². The first-order chi connectivity index (χ1) is 9.65. The number of amides is 1. The number of ether oxygens (including phenoxy) is 1. The molecule has 116 valence electrons. The van der Waals surface area contributed by atoms with Gasteiger partial charge in [-0.05, 0) is 29.5 Å². The van der Waals surface area contributed by atoms with E-state index in [-0.39, 0.29) is 34.4 Å². The average Bonchev–Trinajstić information content (AvgIpc) is 2.95. The molecular formula is C14H20N2O4S. The highest BCUT2D eigenvalue weighted by Gasteiger charge is 2.46. The van der Waals surface area contributed by atoms with Gasteiger partial charge in [0, 0.05) is 18.7 Å². The molecule has 0 saturated heterocycles. The van der Waals surface area contributed by atoms with Crippen LogP contribution in [0.15, 0.2) is 23.1 Å². The molecule has 0 heterocycles. The Labute approximate surface area is 124 Å². The molecule has 1 aromatic carbocycles. The topological polar surface area (TPSA) is 98.5 Å². The van der Waals surface area contributed by atoms with Crippen LogP contribution in [0.5, 0.6) is 0 Å². The molecule has 6 nitrogen and oxygen atoms in total. The van der Waals surface area contributed by atoms with Crippen molar-refractivity contribution in [2.75, 3.05) is 7.11 Å². The van der Waals surface area contributed by atoms with Crippen LogP contribution >= 0.6 is 0 Å². The van der Waals surface area contributed by atoms with Gasteiger partial charge in [0.15, 0.2) is 0 Å². The molecule has 1 unspecified atom stereocenters. The maximum atomic E-state index is 12.2. The number of methoxy groups -OCH3 is 1. The molecule has 2 rings (SSSR count). The van der Waals surface area contributed by atoms with Crippen LogP contribution in [0.1, 0.15) is 36.2 Å². The van der Waals surface area contributed by atoms with E-state index < -0.39 is 10.0 Å². The highest BCUT2D eigenvalue weighted by molar-refractivity contribution is 7.89. The third-order valence-electron chi connectivity index (χ3n) is 3.75. The van der Waals surface area contributed by atoms with Gasteiger partial charge in [-0.25, -0.2) is 13.6 Å². The lowest BCUT2D eigenvalue weighted by atomic mass is 10.1. The second-order valence-corrected chi connectivity index (χ2v) is 7.55. The second-order valence-electron chi connectivity index (χ2n) is 6.02. The molecule has 1 aromatic rings. The summed E-state index contributed by atoms with van der Waals surface area (Å²) in [6.45, 7) is 4.24.